The highest BCUT2D eigenvalue weighted by molar-refractivity contribution is 7.90. The molecule has 30 heavy (non-hydrogen) atoms. The first-order valence-electron chi connectivity index (χ1n) is 10.0. The Labute approximate surface area is 176 Å². The molecule has 7 nitrogen and oxygen atoms in total. The molecular weight excluding hydrogens is 406 g/mol. The first-order chi connectivity index (χ1) is 14.1. The molecule has 1 aromatic carbocycles. The molecule has 0 N–H and O–H groups in total. The highest BCUT2D eigenvalue weighted by atomic mass is 32.2. The molecule has 0 spiro atoms. The molecular formula is C22H27NO6S. The molecule has 0 atom stereocenters. The van der Waals surface area contributed by atoms with Crippen LogP contribution in [0.2, 0.25) is 0 Å². The molecule has 0 saturated heterocycles. The van der Waals surface area contributed by atoms with Gasteiger partial charge < -0.3 is 9.47 Å². The van der Waals surface area contributed by atoms with Gasteiger partial charge in [-0.05, 0) is 69.9 Å². The summed E-state index contributed by atoms with van der Waals surface area (Å²) < 4.78 is 35.8. The summed E-state index contributed by atoms with van der Waals surface area (Å²) in [4.78, 5) is 24.7. The third-order valence-corrected chi connectivity index (χ3v) is 6.22. The Bertz CT molecular complexity index is 1050. The lowest BCUT2D eigenvalue weighted by atomic mass is 9.87. The van der Waals surface area contributed by atoms with Crippen molar-refractivity contribution in [3.8, 4) is 11.4 Å². The fourth-order valence-electron chi connectivity index (χ4n) is 3.54. The third-order valence-electron chi connectivity index (χ3n) is 5.10. The SMILES string of the molecule is CC(C)OC(=O)[C@H]1CC[C@H](Oc2ccn(-c3ccc(S(C)(=O)=O)cc3)c(=O)c2)CC1. The number of rotatable bonds is 6. The summed E-state index contributed by atoms with van der Waals surface area (Å²) in [5.41, 5.74) is 0.303. The lowest BCUT2D eigenvalue weighted by molar-refractivity contribution is -0.154. The van der Waals surface area contributed by atoms with Gasteiger partial charge in [-0.3, -0.25) is 14.2 Å². The van der Waals surface area contributed by atoms with Crippen LogP contribution in [0, 0.1) is 5.92 Å². The van der Waals surface area contributed by atoms with Crippen LogP contribution in [0.25, 0.3) is 5.69 Å². The van der Waals surface area contributed by atoms with Crippen molar-refractivity contribution in [3.05, 3.63) is 52.9 Å². The van der Waals surface area contributed by atoms with Crippen LogP contribution in [-0.4, -0.2) is 37.4 Å². The van der Waals surface area contributed by atoms with Crippen LogP contribution >= 0.6 is 0 Å². The van der Waals surface area contributed by atoms with Gasteiger partial charge in [0.05, 0.1) is 23.0 Å². The molecule has 0 amide bonds. The number of hydrogen-bond acceptors (Lipinski definition) is 6. The maximum atomic E-state index is 12.5. The number of hydrogen-bond donors (Lipinski definition) is 0. The van der Waals surface area contributed by atoms with E-state index in [1.54, 1.807) is 24.4 Å². The summed E-state index contributed by atoms with van der Waals surface area (Å²) in [5.74, 6) is 0.250. The Balaban J connectivity index is 1.63. The second kappa shape index (κ2) is 9.04. The van der Waals surface area contributed by atoms with Crippen molar-refractivity contribution >= 4 is 15.8 Å². The van der Waals surface area contributed by atoms with Crippen LogP contribution < -0.4 is 10.3 Å². The molecule has 2 aromatic rings. The van der Waals surface area contributed by atoms with Crippen molar-refractivity contribution in [3.63, 3.8) is 0 Å². The minimum atomic E-state index is -3.29. The summed E-state index contributed by atoms with van der Waals surface area (Å²) in [5, 5.41) is 0. The van der Waals surface area contributed by atoms with E-state index in [1.165, 1.54) is 22.8 Å². The lowest BCUT2D eigenvalue weighted by Crippen LogP contribution is -2.30. The molecule has 1 aliphatic carbocycles. The zero-order chi connectivity index (χ0) is 21.9. The second-order valence-corrected chi connectivity index (χ2v) is 9.93. The zero-order valence-corrected chi connectivity index (χ0v) is 18.2. The molecule has 0 unspecified atom stereocenters. The van der Waals surface area contributed by atoms with Crippen LogP contribution in [0.15, 0.2) is 52.3 Å². The number of esters is 1. The quantitative estimate of drug-likeness (QED) is 0.650. The Morgan fingerprint density at radius 1 is 1.07 bits per heavy atom. The van der Waals surface area contributed by atoms with Crippen LogP contribution in [0.4, 0.5) is 0 Å². The van der Waals surface area contributed by atoms with E-state index in [9.17, 15) is 18.0 Å². The van der Waals surface area contributed by atoms with Crippen molar-refractivity contribution in [2.24, 2.45) is 5.92 Å². The Morgan fingerprint density at radius 2 is 1.70 bits per heavy atom. The van der Waals surface area contributed by atoms with Gasteiger partial charge in [0.1, 0.15) is 5.75 Å². The molecule has 1 aromatic heterocycles. The predicted octanol–water partition coefficient (Wildman–Crippen LogP) is 3.13. The topological polar surface area (TPSA) is 91.7 Å². The number of aromatic nitrogens is 1. The van der Waals surface area contributed by atoms with Gasteiger partial charge in [-0.1, -0.05) is 0 Å². The van der Waals surface area contributed by atoms with Crippen molar-refractivity contribution in [2.75, 3.05) is 6.26 Å². The maximum absolute atomic E-state index is 12.5. The predicted molar refractivity (Wildman–Crippen MR) is 113 cm³/mol. The van der Waals surface area contributed by atoms with E-state index < -0.39 is 9.84 Å². The van der Waals surface area contributed by atoms with Crippen LogP contribution in [0.5, 0.6) is 5.75 Å². The van der Waals surface area contributed by atoms with E-state index in [0.717, 1.165) is 19.1 Å². The first kappa shape index (κ1) is 22.1. The Kier molecular flexibility index (Phi) is 6.65. The fraction of sp³-hybridized carbons (Fsp3) is 0.455. The highest BCUT2D eigenvalue weighted by Crippen LogP contribution is 2.28. The largest absolute Gasteiger partial charge is 0.490 e. The molecule has 8 heteroatoms. The maximum Gasteiger partial charge on any atom is 0.309 e. The highest BCUT2D eigenvalue weighted by Gasteiger charge is 2.28. The average molecular weight is 434 g/mol. The number of benzene rings is 1. The lowest BCUT2D eigenvalue weighted by Gasteiger charge is -2.28. The summed E-state index contributed by atoms with van der Waals surface area (Å²) in [6.07, 6.45) is 5.47. The van der Waals surface area contributed by atoms with Crippen LogP contribution in [-0.2, 0) is 19.4 Å². The van der Waals surface area contributed by atoms with Gasteiger partial charge in [0.2, 0.25) is 0 Å². The first-order valence-corrected chi connectivity index (χ1v) is 11.9. The van der Waals surface area contributed by atoms with E-state index >= 15 is 0 Å². The molecule has 0 bridgehead atoms. The summed E-state index contributed by atoms with van der Waals surface area (Å²) >= 11 is 0. The van der Waals surface area contributed by atoms with E-state index in [1.807, 2.05) is 13.8 Å². The van der Waals surface area contributed by atoms with E-state index in [0.29, 0.717) is 24.3 Å². The van der Waals surface area contributed by atoms with E-state index in [4.69, 9.17) is 9.47 Å². The minimum Gasteiger partial charge on any atom is -0.490 e. The van der Waals surface area contributed by atoms with Gasteiger partial charge >= 0.3 is 5.97 Å². The third kappa shape index (κ3) is 5.50. The normalized spacial score (nSPS) is 19.5. The Hall–Kier alpha value is -2.61. The summed E-state index contributed by atoms with van der Waals surface area (Å²) in [7, 11) is -3.29. The molecule has 1 heterocycles. The monoisotopic (exact) mass is 433 g/mol. The van der Waals surface area contributed by atoms with Gasteiger partial charge in [0, 0.05) is 24.2 Å². The zero-order valence-electron chi connectivity index (χ0n) is 17.4. The van der Waals surface area contributed by atoms with Crippen molar-refractivity contribution < 1.29 is 22.7 Å². The molecule has 162 valence electrons. The molecule has 0 aliphatic heterocycles. The van der Waals surface area contributed by atoms with Gasteiger partial charge in [-0.2, -0.15) is 0 Å². The van der Waals surface area contributed by atoms with Gasteiger partial charge in [0.15, 0.2) is 9.84 Å². The van der Waals surface area contributed by atoms with E-state index in [-0.39, 0.29) is 34.5 Å². The Morgan fingerprint density at radius 3 is 2.23 bits per heavy atom. The smallest absolute Gasteiger partial charge is 0.309 e. The van der Waals surface area contributed by atoms with Crippen molar-refractivity contribution in [1.29, 1.82) is 0 Å². The van der Waals surface area contributed by atoms with Gasteiger partial charge in [0.25, 0.3) is 5.56 Å². The summed E-state index contributed by atoms with van der Waals surface area (Å²) in [6, 6.07) is 9.27. The number of sulfone groups is 1. The molecule has 3 rings (SSSR count). The van der Waals surface area contributed by atoms with Crippen molar-refractivity contribution in [1.82, 2.24) is 4.57 Å². The van der Waals surface area contributed by atoms with Crippen LogP contribution in [0.1, 0.15) is 39.5 Å². The summed E-state index contributed by atoms with van der Waals surface area (Å²) in [6.45, 7) is 3.68. The van der Waals surface area contributed by atoms with E-state index in [2.05, 4.69) is 0 Å². The molecule has 1 fully saturated rings. The minimum absolute atomic E-state index is 0.0441. The number of ether oxygens (including phenoxy) is 2. The molecule has 1 aliphatic rings. The number of carbonyl (C=O) groups is 1. The number of pyridine rings is 1. The number of carbonyl (C=O) groups excluding carboxylic acids is 1. The number of nitrogens with zero attached hydrogens (tertiary/aromatic N) is 1. The molecule has 0 radical (unpaired) electrons. The van der Waals surface area contributed by atoms with Crippen LogP contribution in [0.3, 0.4) is 0 Å². The second-order valence-electron chi connectivity index (χ2n) is 7.91. The molecule has 1 saturated carbocycles. The average Bonchev–Trinajstić information content (AvgIpc) is 2.67. The standard InChI is InChI=1S/C22H27NO6S/c1-15(2)28-22(25)16-4-8-18(9-5-16)29-19-12-13-23(21(24)14-19)17-6-10-20(11-7-17)30(3,26)27/h6-7,10-16,18H,4-5,8-9H2,1-3H3/t16-,18-. The fourth-order valence-corrected chi connectivity index (χ4v) is 4.17. The van der Waals surface area contributed by atoms with Gasteiger partial charge in [-0.25, -0.2) is 8.42 Å². The van der Waals surface area contributed by atoms with Crippen molar-refractivity contribution in [2.45, 2.75) is 56.6 Å². The van der Waals surface area contributed by atoms with Gasteiger partial charge in [-0.15, -0.1) is 0 Å².